The van der Waals surface area contributed by atoms with E-state index >= 15 is 0 Å². The third-order valence-corrected chi connectivity index (χ3v) is 3.90. The smallest absolute Gasteiger partial charge is 0.107 e. The Morgan fingerprint density at radius 2 is 2.53 bits per heavy atom. The van der Waals surface area contributed by atoms with Gasteiger partial charge in [0.25, 0.3) is 0 Å². The van der Waals surface area contributed by atoms with Crippen molar-refractivity contribution in [1.82, 2.24) is 9.88 Å². The quantitative estimate of drug-likeness (QED) is 0.798. The summed E-state index contributed by atoms with van der Waals surface area (Å²) in [5, 5.41) is 4.13. The van der Waals surface area contributed by atoms with E-state index < -0.39 is 0 Å². The lowest BCUT2D eigenvalue weighted by Gasteiger charge is -2.35. The Hall–Kier alpha value is 0.0300. The Balaban J connectivity index is 1.91. The molecule has 84 valence electrons. The van der Waals surface area contributed by atoms with E-state index in [1.165, 1.54) is 5.01 Å². The van der Waals surface area contributed by atoms with Crippen molar-refractivity contribution in [2.45, 2.75) is 25.7 Å². The number of aromatic nitrogens is 1. The molecule has 0 radical (unpaired) electrons. The number of halogens is 1. The average Bonchev–Trinajstić information content (AvgIpc) is 2.69. The zero-order valence-electron chi connectivity index (χ0n) is 8.73. The average molecular weight is 291 g/mol. The van der Waals surface area contributed by atoms with Gasteiger partial charge in [0.2, 0.25) is 0 Å². The summed E-state index contributed by atoms with van der Waals surface area (Å²) in [4.78, 5) is 6.73. The van der Waals surface area contributed by atoms with Gasteiger partial charge in [-0.15, -0.1) is 11.3 Å². The summed E-state index contributed by atoms with van der Waals surface area (Å²) in [5.74, 6) is 0. The van der Waals surface area contributed by atoms with Gasteiger partial charge in [-0.05, 0) is 6.92 Å². The molecule has 0 amide bonds. The van der Waals surface area contributed by atoms with Crippen molar-refractivity contribution in [2.75, 3.05) is 18.4 Å². The first-order chi connectivity index (χ1) is 7.28. The largest absolute Gasteiger partial charge is 0.372 e. The molecule has 1 aromatic rings. The van der Waals surface area contributed by atoms with E-state index in [9.17, 15) is 0 Å². The first-order valence-corrected chi connectivity index (χ1v) is 7.10. The second kappa shape index (κ2) is 5.39. The van der Waals surface area contributed by atoms with Crippen molar-refractivity contribution in [1.29, 1.82) is 0 Å². The number of morpholine rings is 1. The summed E-state index contributed by atoms with van der Waals surface area (Å²) in [6.45, 7) is 5.08. The Morgan fingerprint density at radius 1 is 1.67 bits per heavy atom. The van der Waals surface area contributed by atoms with Crippen LogP contribution in [-0.4, -0.2) is 40.5 Å². The third-order valence-electron chi connectivity index (χ3n) is 2.42. The Bertz CT molecular complexity index is 294. The van der Waals surface area contributed by atoms with Crippen LogP contribution in [0.3, 0.4) is 0 Å². The molecule has 5 heteroatoms. The molecule has 0 aliphatic carbocycles. The van der Waals surface area contributed by atoms with E-state index in [2.05, 4.69) is 32.7 Å². The van der Waals surface area contributed by atoms with Crippen LogP contribution in [0.1, 0.15) is 11.9 Å². The van der Waals surface area contributed by atoms with E-state index in [4.69, 9.17) is 4.74 Å². The molecule has 3 nitrogen and oxygen atoms in total. The number of ether oxygens (including phenoxy) is 1. The topological polar surface area (TPSA) is 25.4 Å². The fourth-order valence-electron chi connectivity index (χ4n) is 1.88. The zero-order valence-corrected chi connectivity index (χ0v) is 11.1. The third kappa shape index (κ3) is 3.24. The highest BCUT2D eigenvalue weighted by atomic mass is 79.9. The normalized spacial score (nSPS) is 28.1. The molecule has 2 unspecified atom stereocenters. The number of rotatable bonds is 3. The number of hydrogen-bond acceptors (Lipinski definition) is 4. The lowest BCUT2D eigenvalue weighted by Crippen LogP contribution is -2.46. The SMILES string of the molecule is CC1CN(Cc2nccs2)CC(CBr)O1. The van der Waals surface area contributed by atoms with Crippen LogP contribution in [0.5, 0.6) is 0 Å². The molecule has 0 N–H and O–H groups in total. The van der Waals surface area contributed by atoms with E-state index in [1.807, 2.05) is 11.6 Å². The minimum absolute atomic E-state index is 0.314. The van der Waals surface area contributed by atoms with Crippen LogP contribution in [0.4, 0.5) is 0 Å². The highest BCUT2D eigenvalue weighted by Gasteiger charge is 2.24. The van der Waals surface area contributed by atoms with Crippen molar-refractivity contribution in [2.24, 2.45) is 0 Å². The lowest BCUT2D eigenvalue weighted by atomic mass is 10.2. The Labute approximate surface area is 103 Å². The van der Waals surface area contributed by atoms with E-state index in [1.54, 1.807) is 11.3 Å². The van der Waals surface area contributed by atoms with Crippen LogP contribution in [0, 0.1) is 0 Å². The summed E-state index contributed by atoms with van der Waals surface area (Å²) >= 11 is 5.20. The second-order valence-corrected chi connectivity index (χ2v) is 5.47. The van der Waals surface area contributed by atoms with Gasteiger partial charge < -0.3 is 4.74 Å². The maximum absolute atomic E-state index is 5.78. The molecular weight excluding hydrogens is 276 g/mol. The lowest BCUT2D eigenvalue weighted by molar-refractivity contribution is -0.0678. The molecule has 1 saturated heterocycles. The van der Waals surface area contributed by atoms with Crippen LogP contribution >= 0.6 is 27.3 Å². The Morgan fingerprint density at radius 3 is 3.20 bits per heavy atom. The summed E-state index contributed by atoms with van der Waals surface area (Å²) in [6.07, 6.45) is 2.50. The summed E-state index contributed by atoms with van der Waals surface area (Å²) in [7, 11) is 0. The molecule has 1 aliphatic heterocycles. The van der Waals surface area contributed by atoms with Crippen LogP contribution in [0.2, 0.25) is 0 Å². The summed E-state index contributed by atoms with van der Waals surface area (Å²) < 4.78 is 5.78. The number of hydrogen-bond donors (Lipinski definition) is 0. The standard InChI is InChI=1S/C10H15BrN2OS/c1-8-5-13(6-9(4-11)14-8)7-10-12-2-3-15-10/h2-3,8-9H,4-7H2,1H3. The van der Waals surface area contributed by atoms with Crippen molar-refractivity contribution >= 4 is 27.3 Å². The van der Waals surface area contributed by atoms with Crippen molar-refractivity contribution < 1.29 is 4.74 Å². The van der Waals surface area contributed by atoms with Crippen molar-refractivity contribution in [3.05, 3.63) is 16.6 Å². The predicted octanol–water partition coefficient (Wildman–Crippen LogP) is 2.13. The van der Waals surface area contributed by atoms with E-state index in [0.717, 1.165) is 25.0 Å². The van der Waals surface area contributed by atoms with Gasteiger partial charge in [-0.2, -0.15) is 0 Å². The van der Waals surface area contributed by atoms with Gasteiger partial charge in [-0.3, -0.25) is 4.90 Å². The molecular formula is C10H15BrN2OS. The monoisotopic (exact) mass is 290 g/mol. The van der Waals surface area contributed by atoms with Crippen molar-refractivity contribution in [3.8, 4) is 0 Å². The number of nitrogens with zero attached hydrogens (tertiary/aromatic N) is 2. The molecule has 0 bridgehead atoms. The molecule has 2 atom stereocenters. The number of thiazole rings is 1. The maximum Gasteiger partial charge on any atom is 0.107 e. The highest BCUT2D eigenvalue weighted by Crippen LogP contribution is 2.16. The van der Waals surface area contributed by atoms with E-state index in [-0.39, 0.29) is 0 Å². The van der Waals surface area contributed by atoms with Gasteiger partial charge >= 0.3 is 0 Å². The van der Waals surface area contributed by atoms with Crippen LogP contribution < -0.4 is 0 Å². The molecule has 0 saturated carbocycles. The fourth-order valence-corrected chi connectivity index (χ4v) is 2.89. The zero-order chi connectivity index (χ0) is 10.7. The van der Waals surface area contributed by atoms with Gasteiger partial charge in [0.15, 0.2) is 0 Å². The second-order valence-electron chi connectivity index (χ2n) is 3.84. The van der Waals surface area contributed by atoms with E-state index in [0.29, 0.717) is 12.2 Å². The molecule has 2 rings (SSSR count). The number of alkyl halides is 1. The van der Waals surface area contributed by atoms with Crippen LogP contribution in [-0.2, 0) is 11.3 Å². The molecule has 0 aromatic carbocycles. The van der Waals surface area contributed by atoms with Gasteiger partial charge in [0, 0.05) is 30.0 Å². The molecule has 2 heterocycles. The van der Waals surface area contributed by atoms with Gasteiger partial charge in [-0.1, -0.05) is 15.9 Å². The molecule has 1 aromatic heterocycles. The minimum Gasteiger partial charge on any atom is -0.372 e. The van der Waals surface area contributed by atoms with Gasteiger partial charge in [0.1, 0.15) is 5.01 Å². The van der Waals surface area contributed by atoms with Gasteiger partial charge in [0.05, 0.1) is 18.8 Å². The van der Waals surface area contributed by atoms with Crippen LogP contribution in [0.15, 0.2) is 11.6 Å². The molecule has 0 spiro atoms. The molecule has 1 fully saturated rings. The predicted molar refractivity (Wildman–Crippen MR) is 65.5 cm³/mol. The first-order valence-electron chi connectivity index (χ1n) is 5.10. The highest BCUT2D eigenvalue weighted by molar-refractivity contribution is 9.09. The first kappa shape index (κ1) is 11.5. The maximum atomic E-state index is 5.78. The summed E-state index contributed by atoms with van der Waals surface area (Å²) in [6, 6.07) is 0. The fraction of sp³-hybridized carbons (Fsp3) is 0.700. The summed E-state index contributed by atoms with van der Waals surface area (Å²) in [5.41, 5.74) is 0. The Kier molecular flexibility index (Phi) is 4.13. The minimum atomic E-state index is 0.314. The van der Waals surface area contributed by atoms with Gasteiger partial charge in [-0.25, -0.2) is 4.98 Å². The molecule has 1 aliphatic rings. The molecule has 15 heavy (non-hydrogen) atoms. The van der Waals surface area contributed by atoms with Crippen molar-refractivity contribution in [3.63, 3.8) is 0 Å². The van der Waals surface area contributed by atoms with Crippen LogP contribution in [0.25, 0.3) is 0 Å².